The van der Waals surface area contributed by atoms with Crippen molar-refractivity contribution >= 4 is 47.3 Å². The summed E-state index contributed by atoms with van der Waals surface area (Å²) in [6.07, 6.45) is 3.39. The summed E-state index contributed by atoms with van der Waals surface area (Å²) < 4.78 is 7.36. The number of benzene rings is 4. The fraction of sp³-hybridized carbons (Fsp3) is 0.448. The van der Waals surface area contributed by atoms with Gasteiger partial charge >= 0.3 is 0 Å². The monoisotopic (exact) mass is 909 g/mol. The van der Waals surface area contributed by atoms with Gasteiger partial charge in [0.25, 0.3) is 0 Å². The highest BCUT2D eigenvalue weighted by atomic mass is 29.6. The first kappa shape index (κ1) is 52.0. The Kier molecular flexibility index (Phi) is 15.7. The van der Waals surface area contributed by atoms with Gasteiger partial charge in [-0.1, -0.05) is 149 Å². The van der Waals surface area contributed by atoms with E-state index in [1.165, 1.54) is 106 Å². The van der Waals surface area contributed by atoms with E-state index in [4.69, 9.17) is 4.43 Å². The molecule has 63 heavy (non-hydrogen) atoms. The lowest BCUT2D eigenvalue weighted by Gasteiger charge is -2.44. The van der Waals surface area contributed by atoms with Gasteiger partial charge in [0.2, 0.25) is 8.32 Å². The normalized spacial score (nSPS) is 13.8. The van der Waals surface area contributed by atoms with Gasteiger partial charge in [-0.05, 0) is 175 Å². The minimum absolute atomic E-state index is 0.218. The Morgan fingerprint density at radius 1 is 0.508 bits per heavy atom. The molecule has 1 nitrogen and oxygen atoms in total. The first-order chi connectivity index (χ1) is 28.7. The summed E-state index contributed by atoms with van der Waals surface area (Å²) in [5, 5.41) is 0. The van der Waals surface area contributed by atoms with Gasteiger partial charge < -0.3 is 4.43 Å². The van der Waals surface area contributed by atoms with Crippen molar-refractivity contribution in [2.75, 3.05) is 0 Å². The number of hydrogen-bond donors (Lipinski definition) is 0. The molecule has 0 heterocycles. The number of aryl methyl sites for hydroxylation is 12. The molecule has 4 aromatic carbocycles. The molecule has 0 bridgehead atoms. The molecule has 0 N–H and O–H groups in total. The van der Waals surface area contributed by atoms with Crippen LogP contribution >= 0.6 is 0 Å². The van der Waals surface area contributed by atoms with E-state index in [9.17, 15) is 0 Å². The van der Waals surface area contributed by atoms with Crippen LogP contribution in [0, 0.1) is 100.0 Å². The summed E-state index contributed by atoms with van der Waals surface area (Å²) in [5.41, 5.74) is 31.9. The highest BCUT2D eigenvalue weighted by molar-refractivity contribution is 7.73. The van der Waals surface area contributed by atoms with Crippen LogP contribution in [0.2, 0.25) is 58.9 Å². The molecule has 0 aliphatic heterocycles. The molecule has 0 saturated carbocycles. The van der Waals surface area contributed by atoms with Crippen LogP contribution in [0.25, 0.3) is 16.7 Å². The summed E-state index contributed by atoms with van der Waals surface area (Å²) in [5.74, 6) is 5.11. The highest BCUT2D eigenvalue weighted by Crippen LogP contribution is 2.45. The van der Waals surface area contributed by atoms with Gasteiger partial charge in [-0.25, -0.2) is 0 Å². The minimum Gasteiger partial charge on any atom is -0.547 e. The second-order valence-electron chi connectivity index (χ2n) is 23.4. The van der Waals surface area contributed by atoms with Crippen LogP contribution in [0.1, 0.15) is 116 Å². The zero-order chi connectivity index (χ0) is 47.9. The van der Waals surface area contributed by atoms with Crippen LogP contribution in [0.3, 0.4) is 0 Å². The summed E-state index contributed by atoms with van der Waals surface area (Å²) >= 11 is 0. The fourth-order valence-electron chi connectivity index (χ4n) is 10.8. The van der Waals surface area contributed by atoms with Crippen molar-refractivity contribution in [3.63, 3.8) is 0 Å². The second-order valence-corrected chi connectivity index (χ2v) is 54.2. The highest BCUT2D eigenvalue weighted by Gasteiger charge is 2.53. The number of allylic oxidation sites excluding steroid dienone is 5. The van der Waals surface area contributed by atoms with Crippen molar-refractivity contribution in [2.45, 2.75) is 169 Å². The van der Waals surface area contributed by atoms with Crippen molar-refractivity contribution in [1.82, 2.24) is 0 Å². The summed E-state index contributed by atoms with van der Waals surface area (Å²) in [6, 6.07) is 18.9. The van der Waals surface area contributed by atoms with Gasteiger partial charge in [0.15, 0.2) is 0 Å². The van der Waals surface area contributed by atoms with E-state index in [0.717, 1.165) is 12.2 Å². The Labute approximate surface area is 390 Å². The molecule has 4 rings (SSSR count). The first-order valence-electron chi connectivity index (χ1n) is 23.4. The average molecular weight is 910 g/mol. The SMILES string of the molecule is Cc1cc(C)c(C#C[Si](/C=C(\C=C(\C/C(=C(/O[Si](C)(C)C)C(C)(C)C)c2c(C)cc(C)cc2C)c2c(C)cc(C)cc2C)c2c(C)cc(C)cc2C)([Si](C)(C)C)[Si](C)(C)C)c(C)c1. The standard InChI is InChI=1S/C58H84OSi4/c1-38-27-42(5)52(43(6)28-38)25-26-63(61(19,20)21,62(22,23)24)37-51(55-46(9)31-40(3)32-47(55)10)35-50(54-44(7)29-39(2)30-45(54)8)36-53(56-48(11)33-41(4)34-49(56)12)57(58(13,14)15)59-60(16,17)18/h27-35,37H,36H2,1-24H3/b50-35-,51-37+,57-53-. The molecule has 0 unspecified atom stereocenters. The van der Waals surface area contributed by atoms with Crippen LogP contribution < -0.4 is 0 Å². The lowest BCUT2D eigenvalue weighted by Crippen LogP contribution is -2.70. The van der Waals surface area contributed by atoms with Crippen molar-refractivity contribution in [2.24, 2.45) is 5.41 Å². The molecular weight excluding hydrogens is 825 g/mol. The maximum atomic E-state index is 7.36. The summed E-state index contributed by atoms with van der Waals surface area (Å²) in [7, 11) is -8.43. The second kappa shape index (κ2) is 19.0. The topological polar surface area (TPSA) is 9.23 Å². The Bertz CT molecular complexity index is 2450. The predicted octanol–water partition coefficient (Wildman–Crippen LogP) is 17.0. The van der Waals surface area contributed by atoms with Crippen molar-refractivity contribution in [3.8, 4) is 11.5 Å². The Morgan fingerprint density at radius 3 is 1.21 bits per heavy atom. The van der Waals surface area contributed by atoms with E-state index >= 15 is 0 Å². The van der Waals surface area contributed by atoms with Gasteiger partial charge in [0.05, 0.1) is 20.9 Å². The van der Waals surface area contributed by atoms with Crippen LogP contribution in [0.5, 0.6) is 0 Å². The molecule has 5 heteroatoms. The molecule has 0 atom stereocenters. The maximum Gasteiger partial charge on any atom is 0.241 e. The molecule has 4 aromatic rings. The Balaban J connectivity index is 2.39. The third-order valence-corrected chi connectivity index (χ3v) is 48.9. The van der Waals surface area contributed by atoms with Crippen LogP contribution in [-0.2, 0) is 4.43 Å². The zero-order valence-corrected chi connectivity index (χ0v) is 48.4. The minimum atomic E-state index is -2.48. The Hall–Kier alpha value is -3.67. The molecule has 0 fully saturated rings. The average Bonchev–Trinajstić information content (AvgIpc) is 3.05. The molecule has 0 spiro atoms. The number of hydrogen-bond acceptors (Lipinski definition) is 1. The first-order valence-corrected chi connectivity index (χ1v) is 37.9. The summed E-state index contributed by atoms with van der Waals surface area (Å²) in [6.45, 7) is 57.1. The van der Waals surface area contributed by atoms with E-state index in [0.29, 0.717) is 0 Å². The van der Waals surface area contributed by atoms with Crippen LogP contribution in [0.15, 0.2) is 66.1 Å². The lowest BCUT2D eigenvalue weighted by atomic mass is 9.80. The maximum absolute atomic E-state index is 7.36. The molecule has 0 amide bonds. The van der Waals surface area contributed by atoms with Crippen LogP contribution in [0.4, 0.5) is 0 Å². The molecule has 338 valence electrons. The quantitative estimate of drug-likeness (QED) is 0.0631. The smallest absolute Gasteiger partial charge is 0.241 e. The fourth-order valence-corrected chi connectivity index (χ4v) is 49.9. The molecule has 0 aliphatic carbocycles. The van der Waals surface area contributed by atoms with E-state index in [-0.39, 0.29) is 5.41 Å². The van der Waals surface area contributed by atoms with E-state index in [1.54, 1.807) is 0 Å². The van der Waals surface area contributed by atoms with E-state index < -0.39 is 30.6 Å². The van der Waals surface area contributed by atoms with E-state index in [2.05, 4.69) is 235 Å². The van der Waals surface area contributed by atoms with Gasteiger partial charge in [-0.15, -0.1) is 5.54 Å². The van der Waals surface area contributed by atoms with Gasteiger partial charge in [0, 0.05) is 23.0 Å². The van der Waals surface area contributed by atoms with E-state index in [1.807, 2.05) is 0 Å². The van der Waals surface area contributed by atoms with Crippen molar-refractivity contribution in [3.05, 3.63) is 155 Å². The third-order valence-electron chi connectivity index (χ3n) is 12.8. The van der Waals surface area contributed by atoms with Gasteiger partial charge in [-0.3, -0.25) is 0 Å². The molecular formula is C58H84OSi4. The van der Waals surface area contributed by atoms with Crippen molar-refractivity contribution in [1.29, 1.82) is 0 Å². The van der Waals surface area contributed by atoms with Crippen LogP contribution in [-0.4, -0.2) is 30.6 Å². The van der Waals surface area contributed by atoms with Crippen molar-refractivity contribution < 1.29 is 4.43 Å². The molecule has 0 aromatic heterocycles. The largest absolute Gasteiger partial charge is 0.547 e. The van der Waals surface area contributed by atoms with Gasteiger partial charge in [0.1, 0.15) is 7.11 Å². The number of rotatable bonds is 11. The summed E-state index contributed by atoms with van der Waals surface area (Å²) in [4.78, 5) is 0. The molecule has 0 radical (unpaired) electrons. The molecule has 0 aliphatic rings. The predicted molar refractivity (Wildman–Crippen MR) is 293 cm³/mol. The Morgan fingerprint density at radius 2 is 0.857 bits per heavy atom. The zero-order valence-electron chi connectivity index (χ0n) is 44.4. The third kappa shape index (κ3) is 12.0. The lowest BCUT2D eigenvalue weighted by molar-refractivity contribution is 0.291. The van der Waals surface area contributed by atoms with Gasteiger partial charge in [-0.2, -0.15) is 0 Å². The molecule has 0 saturated heterocycles.